The van der Waals surface area contributed by atoms with Crippen molar-refractivity contribution in [2.45, 2.75) is 20.3 Å². The van der Waals surface area contributed by atoms with Crippen LogP contribution in [0.15, 0.2) is 0 Å². The lowest BCUT2D eigenvalue weighted by atomic mass is 10.1. The molecule has 2 aromatic rings. The summed E-state index contributed by atoms with van der Waals surface area (Å²) in [6.45, 7) is 4.35. The standard InChI is InChI=1S/C14H18N4O2S2/c1-7-8(2)17-18-14-10(7)11(15)12(21-14)13(19)16-5-9-3-4-22(20)6-9/h9H,3-6,15H2,1-2H3,(H,16,19). The normalized spacial score (nSPS) is 21.4. The number of rotatable bonds is 3. The molecule has 2 atom stereocenters. The van der Waals surface area contributed by atoms with Crippen molar-refractivity contribution in [3.63, 3.8) is 0 Å². The molecule has 2 unspecified atom stereocenters. The van der Waals surface area contributed by atoms with Crippen LogP contribution in [-0.4, -0.2) is 38.4 Å². The maximum absolute atomic E-state index is 12.4. The fraction of sp³-hybridized carbons (Fsp3) is 0.500. The molecule has 8 heteroatoms. The zero-order valence-corrected chi connectivity index (χ0v) is 14.1. The number of nitrogens with one attached hydrogen (secondary N) is 1. The fourth-order valence-electron chi connectivity index (χ4n) is 2.62. The minimum atomic E-state index is -0.726. The van der Waals surface area contributed by atoms with E-state index in [9.17, 15) is 9.00 Å². The number of amides is 1. The first-order valence-electron chi connectivity index (χ1n) is 7.12. The van der Waals surface area contributed by atoms with Crippen molar-refractivity contribution in [3.8, 4) is 0 Å². The summed E-state index contributed by atoms with van der Waals surface area (Å²) in [5.41, 5.74) is 8.40. The number of carbonyl (C=O) groups excluding carboxylic acids is 1. The van der Waals surface area contributed by atoms with Crippen molar-refractivity contribution in [2.24, 2.45) is 5.92 Å². The largest absolute Gasteiger partial charge is 0.397 e. The van der Waals surface area contributed by atoms with Crippen LogP contribution >= 0.6 is 11.3 Å². The summed E-state index contributed by atoms with van der Waals surface area (Å²) in [6, 6.07) is 0. The van der Waals surface area contributed by atoms with E-state index in [2.05, 4.69) is 15.5 Å². The van der Waals surface area contributed by atoms with Crippen molar-refractivity contribution in [3.05, 3.63) is 16.1 Å². The molecule has 1 aliphatic heterocycles. The van der Waals surface area contributed by atoms with E-state index in [-0.39, 0.29) is 5.91 Å². The van der Waals surface area contributed by atoms with Crippen LogP contribution in [0.3, 0.4) is 0 Å². The van der Waals surface area contributed by atoms with Crippen LogP contribution in [0.4, 0.5) is 5.69 Å². The van der Waals surface area contributed by atoms with Crippen molar-refractivity contribution in [2.75, 3.05) is 23.8 Å². The zero-order chi connectivity index (χ0) is 15.9. The number of carbonyl (C=O) groups is 1. The molecule has 6 nitrogen and oxygen atoms in total. The lowest BCUT2D eigenvalue weighted by Gasteiger charge is -2.09. The number of anilines is 1. The van der Waals surface area contributed by atoms with Gasteiger partial charge in [0.1, 0.15) is 9.71 Å². The molecule has 3 heterocycles. The fourth-order valence-corrected chi connectivity index (χ4v) is 5.21. The molecular weight excluding hydrogens is 320 g/mol. The molecule has 3 N–H and O–H groups in total. The Morgan fingerprint density at radius 3 is 2.91 bits per heavy atom. The second kappa shape index (κ2) is 5.92. The first-order chi connectivity index (χ1) is 10.5. The Kier molecular flexibility index (Phi) is 4.14. The van der Waals surface area contributed by atoms with Gasteiger partial charge in [-0.25, -0.2) is 0 Å². The van der Waals surface area contributed by atoms with E-state index in [1.807, 2.05) is 13.8 Å². The average molecular weight is 338 g/mol. The molecule has 22 heavy (non-hydrogen) atoms. The van der Waals surface area contributed by atoms with Gasteiger partial charge in [-0.15, -0.1) is 16.4 Å². The van der Waals surface area contributed by atoms with E-state index in [0.717, 1.165) is 28.8 Å². The van der Waals surface area contributed by atoms with Crippen LogP contribution in [-0.2, 0) is 10.8 Å². The summed E-state index contributed by atoms with van der Waals surface area (Å²) >= 11 is 1.27. The number of aryl methyl sites for hydroxylation is 2. The maximum Gasteiger partial charge on any atom is 0.263 e. The second-order valence-electron chi connectivity index (χ2n) is 5.61. The molecule has 0 saturated carbocycles. The number of hydrogen-bond acceptors (Lipinski definition) is 6. The number of fused-ring (bicyclic) bond motifs is 1. The molecule has 0 spiro atoms. The van der Waals surface area contributed by atoms with E-state index in [1.54, 1.807) is 0 Å². The Balaban J connectivity index is 1.81. The van der Waals surface area contributed by atoms with Gasteiger partial charge in [-0.1, -0.05) is 0 Å². The summed E-state index contributed by atoms with van der Waals surface area (Å²) < 4.78 is 11.4. The first-order valence-corrected chi connectivity index (χ1v) is 9.43. The molecule has 0 radical (unpaired) electrons. The van der Waals surface area contributed by atoms with E-state index in [1.165, 1.54) is 11.3 Å². The highest BCUT2D eigenvalue weighted by atomic mass is 32.2. The van der Waals surface area contributed by atoms with Crippen molar-refractivity contribution in [1.29, 1.82) is 0 Å². The Bertz CT molecular complexity index is 772. The Labute approximate surface area is 135 Å². The Hall–Kier alpha value is -1.54. The van der Waals surface area contributed by atoms with Gasteiger partial charge in [0.2, 0.25) is 0 Å². The number of nitrogens with zero attached hydrogens (tertiary/aromatic N) is 2. The molecule has 1 fully saturated rings. The van der Waals surface area contributed by atoms with Crippen LogP contribution in [0.1, 0.15) is 27.3 Å². The molecule has 1 aliphatic rings. The molecule has 3 rings (SSSR count). The van der Waals surface area contributed by atoms with E-state index in [4.69, 9.17) is 5.73 Å². The summed E-state index contributed by atoms with van der Waals surface area (Å²) in [5.74, 6) is 1.52. The number of nitrogen functional groups attached to an aromatic ring is 1. The van der Waals surface area contributed by atoms with E-state index in [0.29, 0.717) is 33.6 Å². The topological polar surface area (TPSA) is 98.0 Å². The zero-order valence-electron chi connectivity index (χ0n) is 12.5. The van der Waals surface area contributed by atoms with E-state index < -0.39 is 10.8 Å². The predicted octanol–water partition coefficient (Wildman–Crippen LogP) is 1.39. The van der Waals surface area contributed by atoms with Gasteiger partial charge in [-0.3, -0.25) is 9.00 Å². The van der Waals surface area contributed by atoms with Gasteiger partial charge in [0.25, 0.3) is 5.91 Å². The van der Waals surface area contributed by atoms with Crippen LogP contribution < -0.4 is 11.1 Å². The van der Waals surface area contributed by atoms with Crippen molar-refractivity contribution < 1.29 is 9.00 Å². The smallest absolute Gasteiger partial charge is 0.263 e. The van der Waals surface area contributed by atoms with Gasteiger partial charge >= 0.3 is 0 Å². The number of aromatic nitrogens is 2. The second-order valence-corrected chi connectivity index (χ2v) is 8.23. The van der Waals surface area contributed by atoms with Gasteiger partial charge in [0.15, 0.2) is 0 Å². The minimum Gasteiger partial charge on any atom is -0.397 e. The minimum absolute atomic E-state index is 0.185. The summed E-state index contributed by atoms with van der Waals surface area (Å²) in [7, 11) is -0.726. The molecule has 0 bridgehead atoms. The van der Waals surface area contributed by atoms with Crippen molar-refractivity contribution >= 4 is 43.9 Å². The van der Waals surface area contributed by atoms with Crippen LogP contribution in [0.2, 0.25) is 0 Å². The Morgan fingerprint density at radius 1 is 1.45 bits per heavy atom. The Morgan fingerprint density at radius 2 is 2.23 bits per heavy atom. The highest BCUT2D eigenvalue weighted by Crippen LogP contribution is 2.34. The molecule has 1 amide bonds. The number of hydrogen-bond donors (Lipinski definition) is 2. The molecule has 118 valence electrons. The predicted molar refractivity (Wildman–Crippen MR) is 89.6 cm³/mol. The van der Waals surface area contributed by atoms with Crippen LogP contribution in [0.25, 0.3) is 10.2 Å². The van der Waals surface area contributed by atoms with Crippen LogP contribution in [0.5, 0.6) is 0 Å². The monoisotopic (exact) mass is 338 g/mol. The summed E-state index contributed by atoms with van der Waals surface area (Å²) in [6.07, 6.45) is 0.901. The number of nitrogens with two attached hydrogens (primary N) is 1. The highest BCUT2D eigenvalue weighted by molar-refractivity contribution is 7.85. The molecule has 0 aromatic carbocycles. The van der Waals surface area contributed by atoms with Gasteiger partial charge in [-0.2, -0.15) is 5.10 Å². The lowest BCUT2D eigenvalue weighted by Crippen LogP contribution is -2.29. The van der Waals surface area contributed by atoms with Gasteiger partial charge < -0.3 is 11.1 Å². The maximum atomic E-state index is 12.4. The summed E-state index contributed by atoms with van der Waals surface area (Å²) in [5, 5.41) is 11.9. The lowest BCUT2D eigenvalue weighted by molar-refractivity contribution is 0.0953. The van der Waals surface area contributed by atoms with Crippen LogP contribution in [0, 0.1) is 19.8 Å². The van der Waals surface area contributed by atoms with Gasteiger partial charge in [-0.05, 0) is 31.7 Å². The van der Waals surface area contributed by atoms with Crippen molar-refractivity contribution in [1.82, 2.24) is 15.5 Å². The molecular formula is C14H18N4O2S2. The van der Waals surface area contributed by atoms with Gasteiger partial charge in [0, 0.05) is 34.2 Å². The molecule has 0 aliphatic carbocycles. The van der Waals surface area contributed by atoms with E-state index >= 15 is 0 Å². The first kappa shape index (κ1) is 15.4. The molecule has 1 saturated heterocycles. The molecule has 2 aromatic heterocycles. The number of thiophene rings is 1. The SMILES string of the molecule is Cc1nnc2sc(C(=O)NCC3CCS(=O)C3)c(N)c2c1C. The van der Waals surface area contributed by atoms with Gasteiger partial charge in [0.05, 0.1) is 11.4 Å². The summed E-state index contributed by atoms with van der Waals surface area (Å²) in [4.78, 5) is 13.5. The quantitative estimate of drug-likeness (QED) is 0.881. The highest BCUT2D eigenvalue weighted by Gasteiger charge is 2.24. The third kappa shape index (κ3) is 2.72. The third-order valence-corrected chi connectivity index (χ3v) is 6.69. The third-order valence-electron chi connectivity index (χ3n) is 4.07. The average Bonchev–Trinajstić information content (AvgIpc) is 3.05.